The van der Waals surface area contributed by atoms with Gasteiger partial charge in [-0.3, -0.25) is 0 Å². The van der Waals surface area contributed by atoms with Crippen molar-refractivity contribution in [2.45, 2.75) is 76.7 Å². The third-order valence-electron chi connectivity index (χ3n) is 4.40. The summed E-state index contributed by atoms with van der Waals surface area (Å²) in [6.07, 6.45) is 5.54. The van der Waals surface area contributed by atoms with E-state index in [1.807, 2.05) is 31.7 Å². The monoisotopic (exact) mass is 307 g/mol. The van der Waals surface area contributed by atoms with Gasteiger partial charge in [0.2, 0.25) is 0 Å². The lowest BCUT2D eigenvalue weighted by Gasteiger charge is -2.39. The fraction of sp³-hybridized carbons (Fsp3) is 0.750. The van der Waals surface area contributed by atoms with E-state index < -0.39 is 5.60 Å². The van der Waals surface area contributed by atoms with Gasteiger partial charge in [0.15, 0.2) is 0 Å². The molecule has 2 bridgehead atoms. The Kier molecular flexibility index (Phi) is 4.12. The average Bonchev–Trinajstić information content (AvgIpc) is 3.01. The molecule has 2 saturated heterocycles. The molecule has 2 atom stereocenters. The lowest BCUT2D eigenvalue weighted by atomic mass is 9.97. The molecule has 1 amide bonds. The second-order valence-corrected chi connectivity index (χ2v) is 7.31. The van der Waals surface area contributed by atoms with E-state index in [1.54, 1.807) is 6.26 Å². The van der Waals surface area contributed by atoms with E-state index in [4.69, 9.17) is 9.26 Å². The predicted octanol–water partition coefficient (Wildman–Crippen LogP) is 2.69. The molecule has 1 aromatic heterocycles. The van der Waals surface area contributed by atoms with Crippen LogP contribution in [0.2, 0.25) is 0 Å². The number of carbonyl (C=O) groups is 1. The molecule has 3 rings (SSSR count). The first kappa shape index (κ1) is 15.3. The number of rotatable bonds is 3. The van der Waals surface area contributed by atoms with Crippen molar-refractivity contribution >= 4 is 6.09 Å². The molecule has 2 unspecified atom stereocenters. The van der Waals surface area contributed by atoms with Gasteiger partial charge in [-0.15, -0.1) is 0 Å². The van der Waals surface area contributed by atoms with Crippen molar-refractivity contribution in [3.05, 3.63) is 18.0 Å². The van der Waals surface area contributed by atoms with Crippen LogP contribution >= 0.6 is 0 Å². The minimum Gasteiger partial charge on any atom is -0.444 e. The summed E-state index contributed by atoms with van der Waals surface area (Å²) in [5, 5.41) is 7.45. The summed E-state index contributed by atoms with van der Waals surface area (Å²) in [6.45, 7) is 6.46. The lowest BCUT2D eigenvalue weighted by molar-refractivity contribution is 0.00464. The molecule has 2 aliphatic rings. The van der Waals surface area contributed by atoms with Crippen LogP contribution in [0.1, 0.15) is 52.1 Å². The first-order valence-electron chi connectivity index (χ1n) is 8.06. The number of nitrogens with zero attached hydrogens (tertiary/aromatic N) is 2. The Morgan fingerprint density at radius 1 is 1.41 bits per heavy atom. The number of ether oxygens (including phenoxy) is 1. The maximum absolute atomic E-state index is 12.4. The number of amides is 1. The molecule has 6 nitrogen and oxygen atoms in total. The molecule has 122 valence electrons. The van der Waals surface area contributed by atoms with E-state index in [9.17, 15) is 4.79 Å². The zero-order valence-corrected chi connectivity index (χ0v) is 13.5. The third kappa shape index (κ3) is 3.43. The molecule has 2 aliphatic heterocycles. The van der Waals surface area contributed by atoms with Crippen LogP contribution in [-0.2, 0) is 11.3 Å². The number of hydrogen-bond donors (Lipinski definition) is 1. The van der Waals surface area contributed by atoms with E-state index in [-0.39, 0.29) is 6.09 Å². The topological polar surface area (TPSA) is 67.6 Å². The van der Waals surface area contributed by atoms with Crippen LogP contribution < -0.4 is 5.32 Å². The summed E-state index contributed by atoms with van der Waals surface area (Å²) in [4.78, 5) is 14.4. The Morgan fingerprint density at radius 3 is 2.64 bits per heavy atom. The second-order valence-electron chi connectivity index (χ2n) is 7.31. The Hall–Kier alpha value is -1.56. The van der Waals surface area contributed by atoms with E-state index in [0.717, 1.165) is 31.4 Å². The highest BCUT2D eigenvalue weighted by Crippen LogP contribution is 2.36. The predicted molar refractivity (Wildman–Crippen MR) is 81.2 cm³/mol. The van der Waals surface area contributed by atoms with Crippen molar-refractivity contribution < 1.29 is 14.1 Å². The molecular weight excluding hydrogens is 282 g/mol. The van der Waals surface area contributed by atoms with Crippen LogP contribution in [-0.4, -0.2) is 39.9 Å². The molecule has 6 heteroatoms. The fourth-order valence-electron chi connectivity index (χ4n) is 3.53. The molecule has 0 aliphatic carbocycles. The number of hydrogen-bond acceptors (Lipinski definition) is 5. The summed E-state index contributed by atoms with van der Waals surface area (Å²) in [7, 11) is 0. The normalized spacial score (nSPS) is 28.0. The lowest BCUT2D eigenvalue weighted by Crippen LogP contribution is -2.52. The van der Waals surface area contributed by atoms with E-state index in [0.29, 0.717) is 24.7 Å². The fourth-order valence-corrected chi connectivity index (χ4v) is 3.53. The van der Waals surface area contributed by atoms with Crippen molar-refractivity contribution in [1.82, 2.24) is 15.4 Å². The van der Waals surface area contributed by atoms with Crippen LogP contribution in [0.3, 0.4) is 0 Å². The quantitative estimate of drug-likeness (QED) is 0.930. The molecule has 3 heterocycles. The Bertz CT molecular complexity index is 495. The molecule has 2 fully saturated rings. The van der Waals surface area contributed by atoms with Gasteiger partial charge in [0, 0.05) is 30.7 Å². The van der Waals surface area contributed by atoms with Gasteiger partial charge in [-0.2, -0.15) is 0 Å². The van der Waals surface area contributed by atoms with Gasteiger partial charge >= 0.3 is 6.09 Å². The van der Waals surface area contributed by atoms with Crippen molar-refractivity contribution in [1.29, 1.82) is 0 Å². The Balaban J connectivity index is 1.56. The standard InChI is InChI=1S/C16H25N3O3/c1-16(2,3)22-15(20)19-13-4-5-14(19)9-12(8-13)17-10-11-6-7-21-18-11/h6-7,12-14,17H,4-5,8-10H2,1-3H3. The number of aromatic nitrogens is 1. The van der Waals surface area contributed by atoms with Crippen molar-refractivity contribution in [3.8, 4) is 0 Å². The molecule has 0 aromatic carbocycles. The Morgan fingerprint density at radius 2 is 2.09 bits per heavy atom. The molecular formula is C16H25N3O3. The minimum atomic E-state index is -0.432. The smallest absolute Gasteiger partial charge is 0.410 e. The molecule has 0 radical (unpaired) electrons. The highest BCUT2D eigenvalue weighted by molar-refractivity contribution is 5.69. The third-order valence-corrected chi connectivity index (χ3v) is 4.40. The first-order valence-corrected chi connectivity index (χ1v) is 8.06. The van der Waals surface area contributed by atoms with Gasteiger partial charge < -0.3 is 19.5 Å². The van der Waals surface area contributed by atoms with Crippen molar-refractivity contribution in [2.24, 2.45) is 0 Å². The van der Waals surface area contributed by atoms with Crippen molar-refractivity contribution in [3.63, 3.8) is 0 Å². The molecule has 0 spiro atoms. The zero-order chi connectivity index (χ0) is 15.7. The molecule has 1 aromatic rings. The van der Waals surface area contributed by atoms with Gasteiger partial charge in [0.05, 0.1) is 5.69 Å². The molecule has 1 N–H and O–H groups in total. The van der Waals surface area contributed by atoms with Gasteiger partial charge in [0.25, 0.3) is 0 Å². The maximum Gasteiger partial charge on any atom is 0.410 e. The highest BCUT2D eigenvalue weighted by Gasteiger charge is 2.44. The largest absolute Gasteiger partial charge is 0.444 e. The van der Waals surface area contributed by atoms with Gasteiger partial charge in [-0.25, -0.2) is 4.79 Å². The summed E-state index contributed by atoms with van der Waals surface area (Å²) in [5.41, 5.74) is 0.486. The average molecular weight is 307 g/mol. The SMILES string of the molecule is CC(C)(C)OC(=O)N1C2CCC1CC(NCc1ccon1)C2. The van der Waals surface area contributed by atoms with E-state index >= 15 is 0 Å². The summed E-state index contributed by atoms with van der Waals surface area (Å²) in [5.74, 6) is 0. The molecule has 22 heavy (non-hydrogen) atoms. The van der Waals surface area contributed by atoms with Crippen molar-refractivity contribution in [2.75, 3.05) is 0 Å². The van der Waals surface area contributed by atoms with Crippen LogP contribution in [0, 0.1) is 0 Å². The van der Waals surface area contributed by atoms with E-state index in [1.165, 1.54) is 0 Å². The number of piperidine rings is 1. The van der Waals surface area contributed by atoms with E-state index in [2.05, 4.69) is 10.5 Å². The van der Waals surface area contributed by atoms with Crippen LogP contribution in [0.4, 0.5) is 4.79 Å². The van der Waals surface area contributed by atoms with Gasteiger partial charge in [-0.05, 0) is 46.5 Å². The van der Waals surface area contributed by atoms with Gasteiger partial charge in [-0.1, -0.05) is 5.16 Å². The van der Waals surface area contributed by atoms with Crippen LogP contribution in [0.15, 0.2) is 16.9 Å². The highest BCUT2D eigenvalue weighted by atomic mass is 16.6. The second kappa shape index (κ2) is 5.91. The number of fused-ring (bicyclic) bond motifs is 2. The maximum atomic E-state index is 12.4. The zero-order valence-electron chi connectivity index (χ0n) is 13.5. The minimum absolute atomic E-state index is 0.157. The van der Waals surface area contributed by atoms with Crippen LogP contribution in [0.25, 0.3) is 0 Å². The van der Waals surface area contributed by atoms with Crippen LogP contribution in [0.5, 0.6) is 0 Å². The summed E-state index contributed by atoms with van der Waals surface area (Å²) < 4.78 is 10.4. The summed E-state index contributed by atoms with van der Waals surface area (Å²) >= 11 is 0. The first-order chi connectivity index (χ1) is 10.4. The Labute approximate surface area is 131 Å². The molecule has 0 saturated carbocycles. The summed E-state index contributed by atoms with van der Waals surface area (Å²) in [6, 6.07) is 2.89. The number of carbonyl (C=O) groups excluding carboxylic acids is 1. The number of nitrogens with one attached hydrogen (secondary N) is 1. The van der Waals surface area contributed by atoms with Gasteiger partial charge in [0.1, 0.15) is 11.9 Å².